The molecule has 0 fully saturated rings. The third-order valence-corrected chi connectivity index (χ3v) is 4.06. The molecule has 0 spiro atoms. The zero-order valence-electron chi connectivity index (χ0n) is 10.0. The van der Waals surface area contributed by atoms with Gasteiger partial charge in [0.05, 0.1) is 15.6 Å². The number of nitrogens with zero attached hydrogens (tertiary/aromatic N) is 2. The van der Waals surface area contributed by atoms with Gasteiger partial charge in [0.2, 0.25) is 0 Å². The first kappa shape index (κ1) is 14.3. The number of aryl methyl sites for hydroxylation is 1. The predicted octanol–water partition coefficient (Wildman–Crippen LogP) is 2.35. The van der Waals surface area contributed by atoms with Crippen LogP contribution < -0.4 is 4.72 Å². The van der Waals surface area contributed by atoms with E-state index in [0.717, 1.165) is 18.2 Å². The highest BCUT2D eigenvalue weighted by atomic mass is 35.5. The Bertz CT molecular complexity index is 771. The lowest BCUT2D eigenvalue weighted by Crippen LogP contribution is -2.14. The van der Waals surface area contributed by atoms with Crippen LogP contribution in [0.3, 0.4) is 0 Å². The number of anilines is 1. The number of nitro groups is 1. The minimum absolute atomic E-state index is 0.147. The van der Waals surface area contributed by atoms with Gasteiger partial charge in [-0.3, -0.25) is 10.1 Å². The van der Waals surface area contributed by atoms with Crippen LogP contribution >= 0.6 is 11.6 Å². The summed E-state index contributed by atoms with van der Waals surface area (Å²) in [5.41, 5.74) is 0.0891. The first-order valence-corrected chi connectivity index (χ1v) is 7.04. The molecule has 1 aromatic carbocycles. The van der Waals surface area contributed by atoms with Crippen molar-refractivity contribution in [1.29, 1.82) is 0 Å². The Morgan fingerprint density at radius 2 is 2.15 bits per heavy atom. The minimum atomic E-state index is -4.13. The van der Waals surface area contributed by atoms with E-state index in [2.05, 4.69) is 4.98 Å². The van der Waals surface area contributed by atoms with Crippen molar-refractivity contribution in [2.75, 3.05) is 4.72 Å². The Hall–Kier alpha value is -2.13. The monoisotopic (exact) mass is 317 g/mol. The number of hydrogen-bond donors (Lipinski definition) is 1. The second kappa shape index (κ2) is 5.10. The highest BCUT2D eigenvalue weighted by Crippen LogP contribution is 2.27. The molecule has 0 bridgehead atoms. The van der Waals surface area contributed by atoms with Gasteiger partial charge in [0.15, 0.2) is 0 Å². The van der Waals surface area contributed by atoms with Gasteiger partial charge >= 0.3 is 6.01 Å². The van der Waals surface area contributed by atoms with Gasteiger partial charge in [-0.25, -0.2) is 13.1 Å². The van der Waals surface area contributed by atoms with Crippen LogP contribution in [-0.2, 0) is 10.0 Å². The zero-order chi connectivity index (χ0) is 14.9. The Balaban J connectivity index is 2.43. The van der Waals surface area contributed by atoms with E-state index >= 15 is 0 Å². The van der Waals surface area contributed by atoms with Crippen molar-refractivity contribution in [3.8, 4) is 0 Å². The molecular weight excluding hydrogens is 310 g/mol. The average molecular weight is 318 g/mol. The van der Waals surface area contributed by atoms with E-state index in [1.54, 1.807) is 6.92 Å². The molecule has 0 aliphatic carbocycles. The van der Waals surface area contributed by atoms with E-state index in [-0.39, 0.29) is 11.0 Å². The Labute approximate surface area is 118 Å². The molecule has 1 heterocycles. The van der Waals surface area contributed by atoms with Gasteiger partial charge in [0.1, 0.15) is 11.2 Å². The topological polar surface area (TPSA) is 115 Å². The number of halogens is 1. The summed E-state index contributed by atoms with van der Waals surface area (Å²) in [7, 11) is -4.13. The summed E-state index contributed by atoms with van der Waals surface area (Å²) in [6, 6.07) is 2.86. The maximum atomic E-state index is 12.1. The highest BCUT2D eigenvalue weighted by Gasteiger charge is 2.23. The minimum Gasteiger partial charge on any atom is -0.431 e. The molecule has 0 radical (unpaired) electrons. The molecule has 0 unspecified atom stereocenters. The number of hydrogen-bond acceptors (Lipinski definition) is 6. The summed E-state index contributed by atoms with van der Waals surface area (Å²) in [5.74, 6) is 0. The molecule has 0 amide bonds. The van der Waals surface area contributed by atoms with Crippen molar-refractivity contribution in [2.24, 2.45) is 0 Å². The lowest BCUT2D eigenvalue weighted by atomic mass is 10.3. The number of rotatable bonds is 4. The average Bonchev–Trinajstić information content (AvgIpc) is 2.73. The van der Waals surface area contributed by atoms with E-state index < -0.39 is 25.5 Å². The summed E-state index contributed by atoms with van der Waals surface area (Å²) < 4.78 is 31.1. The number of benzene rings is 1. The van der Waals surface area contributed by atoms with Crippen LogP contribution in [-0.4, -0.2) is 18.3 Å². The number of sulfonamides is 1. The molecule has 0 saturated carbocycles. The highest BCUT2D eigenvalue weighted by molar-refractivity contribution is 7.92. The maximum absolute atomic E-state index is 12.1. The van der Waals surface area contributed by atoms with Crippen molar-refractivity contribution in [1.82, 2.24) is 4.98 Å². The van der Waals surface area contributed by atoms with Gasteiger partial charge in [0.25, 0.3) is 15.7 Å². The largest absolute Gasteiger partial charge is 0.431 e. The molecule has 2 rings (SSSR count). The van der Waals surface area contributed by atoms with E-state index in [0.29, 0.717) is 5.69 Å². The fraction of sp³-hybridized carbons (Fsp3) is 0.100. The first-order chi connectivity index (χ1) is 9.29. The van der Waals surface area contributed by atoms with Crippen molar-refractivity contribution < 1.29 is 17.8 Å². The van der Waals surface area contributed by atoms with E-state index in [4.69, 9.17) is 16.0 Å². The number of oxazole rings is 1. The lowest BCUT2D eigenvalue weighted by molar-refractivity contribution is -0.385. The molecule has 0 atom stereocenters. The van der Waals surface area contributed by atoms with Crippen LogP contribution in [0, 0.1) is 17.0 Å². The molecule has 0 aliphatic rings. The molecule has 106 valence electrons. The summed E-state index contributed by atoms with van der Waals surface area (Å²) in [5, 5.41) is 10.5. The SMILES string of the molecule is Cc1coc(NS(=O)(=O)c2cc([N+](=O)[O-])ccc2Cl)n1. The normalized spacial score (nSPS) is 11.3. The molecule has 10 heteroatoms. The van der Waals surface area contributed by atoms with E-state index in [1.165, 1.54) is 6.26 Å². The standard InChI is InChI=1S/C10H8ClN3O5S/c1-6-5-19-10(12-6)13-20(17,18)9-4-7(14(15)16)2-3-8(9)11/h2-5H,1H3,(H,12,13). The van der Waals surface area contributed by atoms with Gasteiger partial charge in [0, 0.05) is 12.1 Å². The molecule has 1 N–H and O–H groups in total. The van der Waals surface area contributed by atoms with Crippen molar-refractivity contribution in [3.05, 3.63) is 45.3 Å². The molecule has 0 saturated heterocycles. The fourth-order valence-corrected chi connectivity index (χ4v) is 2.84. The van der Waals surface area contributed by atoms with Crippen LogP contribution in [0.4, 0.5) is 11.7 Å². The van der Waals surface area contributed by atoms with Crippen molar-refractivity contribution in [3.63, 3.8) is 0 Å². The van der Waals surface area contributed by atoms with Gasteiger partial charge in [-0.15, -0.1) is 0 Å². The second-order valence-electron chi connectivity index (χ2n) is 3.77. The van der Waals surface area contributed by atoms with Crippen LogP contribution in [0.2, 0.25) is 5.02 Å². The smallest absolute Gasteiger partial charge is 0.309 e. The molecule has 1 aromatic heterocycles. The maximum Gasteiger partial charge on any atom is 0.309 e. The number of nitrogens with one attached hydrogen (secondary N) is 1. The van der Waals surface area contributed by atoms with Crippen molar-refractivity contribution >= 4 is 33.3 Å². The van der Waals surface area contributed by atoms with Gasteiger partial charge in [-0.1, -0.05) is 11.6 Å². The van der Waals surface area contributed by atoms with E-state index in [1.807, 2.05) is 4.72 Å². The van der Waals surface area contributed by atoms with Gasteiger partial charge in [-0.05, 0) is 13.0 Å². The van der Waals surface area contributed by atoms with Crippen LogP contribution in [0.25, 0.3) is 0 Å². The van der Waals surface area contributed by atoms with Gasteiger partial charge < -0.3 is 4.42 Å². The predicted molar refractivity (Wildman–Crippen MR) is 70.2 cm³/mol. The summed E-state index contributed by atoms with van der Waals surface area (Å²) >= 11 is 5.76. The van der Waals surface area contributed by atoms with Crippen molar-refractivity contribution in [2.45, 2.75) is 11.8 Å². The van der Waals surface area contributed by atoms with Crippen LogP contribution in [0.5, 0.6) is 0 Å². The third kappa shape index (κ3) is 2.89. The van der Waals surface area contributed by atoms with Crippen LogP contribution in [0.1, 0.15) is 5.69 Å². The second-order valence-corrected chi connectivity index (χ2v) is 5.83. The fourth-order valence-electron chi connectivity index (χ4n) is 1.38. The molecule has 0 aliphatic heterocycles. The van der Waals surface area contributed by atoms with Crippen LogP contribution in [0.15, 0.2) is 33.8 Å². The number of non-ortho nitro benzene ring substituents is 1. The molecular formula is C10H8ClN3O5S. The van der Waals surface area contributed by atoms with Gasteiger partial charge in [-0.2, -0.15) is 4.98 Å². The molecule has 20 heavy (non-hydrogen) atoms. The Kier molecular flexibility index (Phi) is 3.64. The summed E-state index contributed by atoms with van der Waals surface area (Å²) in [6.07, 6.45) is 1.26. The lowest BCUT2D eigenvalue weighted by Gasteiger charge is -2.06. The number of aromatic nitrogens is 1. The quantitative estimate of drug-likeness (QED) is 0.683. The van der Waals surface area contributed by atoms with E-state index in [9.17, 15) is 18.5 Å². The summed E-state index contributed by atoms with van der Waals surface area (Å²) in [6.45, 7) is 1.61. The molecule has 2 aromatic rings. The summed E-state index contributed by atoms with van der Waals surface area (Å²) in [4.78, 5) is 13.3. The Morgan fingerprint density at radius 1 is 1.45 bits per heavy atom. The zero-order valence-corrected chi connectivity index (χ0v) is 11.6. The number of nitro benzene ring substituents is 1. The Morgan fingerprint density at radius 3 is 2.70 bits per heavy atom. The first-order valence-electron chi connectivity index (χ1n) is 5.18. The third-order valence-electron chi connectivity index (χ3n) is 2.26. The molecule has 8 nitrogen and oxygen atoms in total.